The molecular weight excluding hydrogens is 326 g/mol. The molecule has 2 aromatic carbocycles. The van der Waals surface area contributed by atoms with Gasteiger partial charge in [0.25, 0.3) is 5.91 Å². The summed E-state index contributed by atoms with van der Waals surface area (Å²) < 4.78 is 26.7. The van der Waals surface area contributed by atoms with Crippen molar-refractivity contribution in [3.05, 3.63) is 65.7 Å². The second kappa shape index (κ2) is 7.42. The fourth-order valence-electron chi connectivity index (χ4n) is 2.96. The third kappa shape index (κ3) is 4.02. The molecule has 4 nitrogen and oxygen atoms in total. The van der Waals surface area contributed by atoms with Gasteiger partial charge in [-0.2, -0.15) is 0 Å². The molecule has 0 aromatic heterocycles. The molecular formula is C19H18F2N2O2. The Morgan fingerprint density at radius 3 is 2.48 bits per heavy atom. The fourth-order valence-corrected chi connectivity index (χ4v) is 2.96. The molecule has 130 valence electrons. The van der Waals surface area contributed by atoms with Gasteiger partial charge < -0.3 is 10.2 Å². The Morgan fingerprint density at radius 2 is 1.76 bits per heavy atom. The molecule has 25 heavy (non-hydrogen) atoms. The minimum atomic E-state index is -0.564. The second-order valence-electron chi connectivity index (χ2n) is 6.07. The number of amides is 2. The van der Waals surface area contributed by atoms with E-state index in [1.807, 2.05) is 0 Å². The first-order valence-corrected chi connectivity index (χ1v) is 8.15. The van der Waals surface area contributed by atoms with Gasteiger partial charge in [-0.15, -0.1) is 0 Å². The summed E-state index contributed by atoms with van der Waals surface area (Å²) in [5, 5.41) is 2.73. The number of hydrogen-bond donors (Lipinski definition) is 1. The number of rotatable bonds is 3. The van der Waals surface area contributed by atoms with Crippen LogP contribution in [0.1, 0.15) is 23.2 Å². The minimum Gasteiger partial charge on any atom is -0.338 e. The van der Waals surface area contributed by atoms with Gasteiger partial charge in [0.15, 0.2) is 0 Å². The van der Waals surface area contributed by atoms with Gasteiger partial charge in [0.1, 0.15) is 11.6 Å². The van der Waals surface area contributed by atoms with Gasteiger partial charge >= 0.3 is 0 Å². The van der Waals surface area contributed by atoms with E-state index in [-0.39, 0.29) is 29.8 Å². The van der Waals surface area contributed by atoms with E-state index in [4.69, 9.17) is 0 Å². The Balaban J connectivity index is 1.66. The van der Waals surface area contributed by atoms with Gasteiger partial charge in [0.05, 0.1) is 11.5 Å². The number of piperidine rings is 1. The second-order valence-corrected chi connectivity index (χ2v) is 6.07. The molecule has 1 aliphatic rings. The third-order valence-corrected chi connectivity index (χ3v) is 4.30. The minimum absolute atomic E-state index is 0.0158. The van der Waals surface area contributed by atoms with Crippen molar-refractivity contribution in [2.45, 2.75) is 12.8 Å². The lowest BCUT2D eigenvalue weighted by Crippen LogP contribution is -2.44. The molecule has 0 bridgehead atoms. The van der Waals surface area contributed by atoms with Crippen molar-refractivity contribution < 1.29 is 18.4 Å². The van der Waals surface area contributed by atoms with Crippen molar-refractivity contribution in [2.24, 2.45) is 5.92 Å². The highest BCUT2D eigenvalue weighted by molar-refractivity contribution is 5.96. The molecule has 0 aliphatic carbocycles. The van der Waals surface area contributed by atoms with Crippen molar-refractivity contribution >= 4 is 17.5 Å². The van der Waals surface area contributed by atoms with Crippen molar-refractivity contribution in [3.63, 3.8) is 0 Å². The maximum absolute atomic E-state index is 13.8. The monoisotopic (exact) mass is 344 g/mol. The molecule has 1 aliphatic heterocycles. The number of likely N-dealkylation sites (tertiary alicyclic amines) is 1. The van der Waals surface area contributed by atoms with Crippen LogP contribution in [-0.4, -0.2) is 29.8 Å². The summed E-state index contributed by atoms with van der Waals surface area (Å²) in [6.07, 6.45) is 1.32. The molecule has 0 radical (unpaired) electrons. The third-order valence-electron chi connectivity index (χ3n) is 4.30. The Labute approximate surface area is 144 Å². The van der Waals surface area contributed by atoms with E-state index in [0.717, 1.165) is 0 Å². The highest BCUT2D eigenvalue weighted by Gasteiger charge is 2.29. The fraction of sp³-hybridized carbons (Fsp3) is 0.263. The van der Waals surface area contributed by atoms with Gasteiger partial charge in [0.2, 0.25) is 5.91 Å². The quantitative estimate of drug-likeness (QED) is 0.927. The van der Waals surface area contributed by atoms with Crippen LogP contribution in [-0.2, 0) is 4.79 Å². The number of benzene rings is 2. The number of carbonyl (C=O) groups excluding carboxylic acids is 2. The van der Waals surface area contributed by atoms with E-state index in [2.05, 4.69) is 5.32 Å². The van der Waals surface area contributed by atoms with Crippen LogP contribution in [0, 0.1) is 17.6 Å². The van der Waals surface area contributed by atoms with Crippen LogP contribution in [0.5, 0.6) is 0 Å². The number of nitrogens with zero attached hydrogens (tertiary/aromatic N) is 1. The van der Waals surface area contributed by atoms with Crippen molar-refractivity contribution in [2.75, 3.05) is 18.4 Å². The molecule has 2 amide bonds. The van der Waals surface area contributed by atoms with Crippen molar-refractivity contribution in [3.8, 4) is 0 Å². The standard InChI is InChI=1S/C19H18F2N2O2/c20-14-7-9-15(10-8-14)22-18(24)13-4-3-11-23(12-13)19(25)16-5-1-2-6-17(16)21/h1-2,5-10,13H,3-4,11-12H2,(H,22,24). The lowest BCUT2D eigenvalue weighted by molar-refractivity contribution is -0.121. The van der Waals surface area contributed by atoms with Gasteiger partial charge in [-0.3, -0.25) is 9.59 Å². The summed E-state index contributed by atoms with van der Waals surface area (Å²) in [4.78, 5) is 26.4. The van der Waals surface area contributed by atoms with Gasteiger partial charge in [0, 0.05) is 18.8 Å². The van der Waals surface area contributed by atoms with Crippen LogP contribution < -0.4 is 5.32 Å². The van der Waals surface area contributed by atoms with E-state index in [1.165, 1.54) is 47.4 Å². The van der Waals surface area contributed by atoms with E-state index in [0.29, 0.717) is 25.1 Å². The van der Waals surface area contributed by atoms with E-state index in [1.54, 1.807) is 6.07 Å². The smallest absolute Gasteiger partial charge is 0.256 e. The molecule has 0 spiro atoms. The number of carbonyl (C=O) groups is 2. The number of nitrogens with one attached hydrogen (secondary N) is 1. The Bertz CT molecular complexity index is 777. The summed E-state index contributed by atoms with van der Waals surface area (Å²) >= 11 is 0. The van der Waals surface area contributed by atoms with Gasteiger partial charge in [-0.05, 0) is 49.2 Å². The van der Waals surface area contributed by atoms with Gasteiger partial charge in [-0.1, -0.05) is 12.1 Å². The number of hydrogen-bond acceptors (Lipinski definition) is 2. The molecule has 6 heteroatoms. The highest BCUT2D eigenvalue weighted by atomic mass is 19.1. The molecule has 0 saturated carbocycles. The van der Waals surface area contributed by atoms with Crippen LogP contribution in [0.2, 0.25) is 0 Å². The first-order chi connectivity index (χ1) is 12.0. The Morgan fingerprint density at radius 1 is 1.04 bits per heavy atom. The molecule has 3 rings (SSSR count). The SMILES string of the molecule is O=C(Nc1ccc(F)cc1)C1CCCN(C(=O)c2ccccc2F)C1. The predicted octanol–water partition coefficient (Wildman–Crippen LogP) is 3.46. The average Bonchev–Trinajstić information content (AvgIpc) is 2.63. The molecule has 1 fully saturated rings. The van der Waals surface area contributed by atoms with Crippen molar-refractivity contribution in [1.29, 1.82) is 0 Å². The Kier molecular flexibility index (Phi) is 5.07. The van der Waals surface area contributed by atoms with E-state index < -0.39 is 11.7 Å². The van der Waals surface area contributed by atoms with Crippen LogP contribution in [0.15, 0.2) is 48.5 Å². The van der Waals surface area contributed by atoms with Crippen LogP contribution in [0.3, 0.4) is 0 Å². The molecule has 1 N–H and O–H groups in total. The molecule has 1 unspecified atom stereocenters. The summed E-state index contributed by atoms with van der Waals surface area (Å²) in [6, 6.07) is 11.3. The van der Waals surface area contributed by atoms with Crippen LogP contribution >= 0.6 is 0 Å². The zero-order valence-corrected chi connectivity index (χ0v) is 13.5. The predicted molar refractivity (Wildman–Crippen MR) is 90.1 cm³/mol. The summed E-state index contributed by atoms with van der Waals surface area (Å²) in [5.74, 6) is -1.95. The molecule has 2 aromatic rings. The zero-order valence-electron chi connectivity index (χ0n) is 13.5. The zero-order chi connectivity index (χ0) is 17.8. The highest BCUT2D eigenvalue weighted by Crippen LogP contribution is 2.21. The van der Waals surface area contributed by atoms with E-state index in [9.17, 15) is 18.4 Å². The maximum Gasteiger partial charge on any atom is 0.256 e. The first kappa shape index (κ1) is 17.1. The first-order valence-electron chi connectivity index (χ1n) is 8.15. The van der Waals surface area contributed by atoms with Crippen LogP contribution in [0.4, 0.5) is 14.5 Å². The summed E-state index contributed by atoms with van der Waals surface area (Å²) in [6.45, 7) is 0.730. The summed E-state index contributed by atoms with van der Waals surface area (Å²) in [5.41, 5.74) is 0.519. The van der Waals surface area contributed by atoms with Gasteiger partial charge in [-0.25, -0.2) is 8.78 Å². The largest absolute Gasteiger partial charge is 0.338 e. The lowest BCUT2D eigenvalue weighted by atomic mass is 9.96. The molecule has 1 atom stereocenters. The van der Waals surface area contributed by atoms with Crippen molar-refractivity contribution in [1.82, 2.24) is 4.90 Å². The molecule has 1 saturated heterocycles. The number of anilines is 1. The molecule has 1 heterocycles. The maximum atomic E-state index is 13.8. The Hall–Kier alpha value is -2.76. The number of halogens is 2. The summed E-state index contributed by atoms with van der Waals surface area (Å²) in [7, 11) is 0. The van der Waals surface area contributed by atoms with Crippen LogP contribution in [0.25, 0.3) is 0 Å². The lowest BCUT2D eigenvalue weighted by Gasteiger charge is -2.32. The average molecular weight is 344 g/mol. The normalized spacial score (nSPS) is 17.2. The topological polar surface area (TPSA) is 49.4 Å². The van der Waals surface area contributed by atoms with E-state index >= 15 is 0 Å².